The Morgan fingerprint density at radius 1 is 1.71 bits per heavy atom. The highest BCUT2D eigenvalue weighted by Crippen LogP contribution is 2.10. The first-order chi connectivity index (χ1) is 6.72. The lowest BCUT2D eigenvalue weighted by atomic mass is 10.3. The van der Waals surface area contributed by atoms with Gasteiger partial charge in [0.25, 0.3) is 0 Å². The summed E-state index contributed by atoms with van der Waals surface area (Å²) >= 11 is 1.67. The van der Waals surface area contributed by atoms with Crippen LogP contribution in [0.2, 0.25) is 0 Å². The molecule has 1 amide bonds. The third-order valence-corrected chi connectivity index (χ3v) is 2.77. The van der Waals surface area contributed by atoms with Crippen LogP contribution in [0.4, 0.5) is 0 Å². The van der Waals surface area contributed by atoms with Crippen molar-refractivity contribution in [3.8, 4) is 0 Å². The monoisotopic (exact) mass is 213 g/mol. The van der Waals surface area contributed by atoms with Gasteiger partial charge in [-0.2, -0.15) is 0 Å². The van der Waals surface area contributed by atoms with E-state index in [4.69, 9.17) is 5.73 Å². The van der Waals surface area contributed by atoms with E-state index in [0.717, 1.165) is 23.5 Å². The van der Waals surface area contributed by atoms with E-state index in [-0.39, 0.29) is 12.5 Å². The highest BCUT2D eigenvalue weighted by Gasteiger charge is 1.99. The summed E-state index contributed by atoms with van der Waals surface area (Å²) in [5.74, 6) is -0.0969. The fourth-order valence-corrected chi connectivity index (χ4v) is 1.88. The van der Waals surface area contributed by atoms with Crippen molar-refractivity contribution in [3.05, 3.63) is 16.1 Å². The number of nitrogens with one attached hydrogen (secondary N) is 1. The largest absolute Gasteiger partial charge is 0.355 e. The summed E-state index contributed by atoms with van der Waals surface area (Å²) in [4.78, 5) is 15.1. The number of nitrogens with two attached hydrogens (primary N) is 1. The van der Waals surface area contributed by atoms with Crippen LogP contribution in [0.3, 0.4) is 0 Å². The van der Waals surface area contributed by atoms with Gasteiger partial charge in [0, 0.05) is 24.0 Å². The topological polar surface area (TPSA) is 68.0 Å². The van der Waals surface area contributed by atoms with Crippen LogP contribution in [0.25, 0.3) is 0 Å². The molecule has 0 spiro atoms. The van der Waals surface area contributed by atoms with Crippen LogP contribution in [0.1, 0.15) is 17.1 Å². The van der Waals surface area contributed by atoms with Gasteiger partial charge in [-0.25, -0.2) is 4.98 Å². The Hall–Kier alpha value is -0.940. The van der Waals surface area contributed by atoms with Gasteiger partial charge < -0.3 is 11.1 Å². The van der Waals surface area contributed by atoms with Gasteiger partial charge in [-0.3, -0.25) is 4.79 Å². The molecule has 4 nitrogen and oxygen atoms in total. The first-order valence-corrected chi connectivity index (χ1v) is 5.48. The van der Waals surface area contributed by atoms with Crippen molar-refractivity contribution >= 4 is 17.2 Å². The second-order valence-corrected chi connectivity index (χ2v) is 3.98. The molecule has 1 aromatic rings. The third-order valence-electron chi connectivity index (χ3n) is 1.74. The van der Waals surface area contributed by atoms with Gasteiger partial charge in [-0.1, -0.05) is 0 Å². The van der Waals surface area contributed by atoms with Gasteiger partial charge in [0.2, 0.25) is 5.91 Å². The van der Waals surface area contributed by atoms with Crippen LogP contribution in [0.15, 0.2) is 5.38 Å². The maximum Gasteiger partial charge on any atom is 0.233 e. The van der Waals surface area contributed by atoms with Crippen molar-refractivity contribution in [1.82, 2.24) is 10.3 Å². The van der Waals surface area contributed by atoms with Crippen molar-refractivity contribution in [2.75, 3.05) is 13.1 Å². The van der Waals surface area contributed by atoms with E-state index in [1.807, 2.05) is 12.3 Å². The standard InChI is InChI=1S/C9H15N3OS/c1-7-6-14-9(12-7)3-2-4-11-8(13)5-10/h6H,2-5,10H2,1H3,(H,11,13). The molecule has 0 aromatic carbocycles. The number of rotatable bonds is 5. The summed E-state index contributed by atoms with van der Waals surface area (Å²) in [5, 5.41) is 5.89. The zero-order chi connectivity index (χ0) is 10.4. The van der Waals surface area contributed by atoms with Crippen LogP contribution >= 0.6 is 11.3 Å². The number of carbonyl (C=O) groups excluding carboxylic acids is 1. The molecular formula is C9H15N3OS. The van der Waals surface area contributed by atoms with E-state index in [2.05, 4.69) is 10.3 Å². The molecule has 3 N–H and O–H groups in total. The molecule has 1 aromatic heterocycles. The lowest BCUT2D eigenvalue weighted by Gasteiger charge is -2.01. The molecule has 1 heterocycles. The fraction of sp³-hybridized carbons (Fsp3) is 0.556. The minimum absolute atomic E-state index is 0.0658. The Balaban J connectivity index is 2.13. The van der Waals surface area contributed by atoms with E-state index in [9.17, 15) is 4.79 Å². The number of hydrogen-bond donors (Lipinski definition) is 2. The number of carbonyl (C=O) groups is 1. The van der Waals surface area contributed by atoms with E-state index in [0.29, 0.717) is 6.54 Å². The molecular weight excluding hydrogens is 198 g/mol. The summed E-state index contributed by atoms with van der Waals surface area (Å²) in [5.41, 5.74) is 6.21. The number of nitrogens with zero attached hydrogens (tertiary/aromatic N) is 1. The summed E-state index contributed by atoms with van der Waals surface area (Å²) in [6.45, 7) is 2.72. The normalized spacial score (nSPS) is 10.1. The van der Waals surface area contributed by atoms with E-state index in [1.54, 1.807) is 11.3 Å². The SMILES string of the molecule is Cc1csc(CCCNC(=O)CN)n1. The maximum absolute atomic E-state index is 10.8. The van der Waals surface area contributed by atoms with E-state index < -0.39 is 0 Å². The molecule has 0 saturated heterocycles. The van der Waals surface area contributed by atoms with Crippen LogP contribution in [-0.4, -0.2) is 24.0 Å². The van der Waals surface area contributed by atoms with Gasteiger partial charge in [0.1, 0.15) is 0 Å². The first-order valence-electron chi connectivity index (χ1n) is 4.60. The summed E-state index contributed by atoms with van der Waals surface area (Å²) < 4.78 is 0. The van der Waals surface area contributed by atoms with Crippen molar-refractivity contribution in [1.29, 1.82) is 0 Å². The van der Waals surface area contributed by atoms with Crippen molar-refractivity contribution in [2.24, 2.45) is 5.73 Å². The van der Waals surface area contributed by atoms with E-state index in [1.165, 1.54) is 0 Å². The quantitative estimate of drug-likeness (QED) is 0.698. The molecule has 0 radical (unpaired) electrons. The molecule has 5 heteroatoms. The van der Waals surface area contributed by atoms with Crippen LogP contribution in [0, 0.1) is 6.92 Å². The molecule has 78 valence electrons. The first kappa shape index (κ1) is 11.1. The van der Waals surface area contributed by atoms with Crippen LogP contribution in [0.5, 0.6) is 0 Å². The zero-order valence-electron chi connectivity index (χ0n) is 8.25. The predicted molar refractivity (Wildman–Crippen MR) is 57.2 cm³/mol. The Kier molecular flexibility index (Phi) is 4.55. The molecule has 0 aliphatic rings. The molecule has 0 saturated carbocycles. The zero-order valence-corrected chi connectivity index (χ0v) is 9.06. The summed E-state index contributed by atoms with van der Waals surface area (Å²) in [7, 11) is 0. The Labute approximate surface area is 87.5 Å². The van der Waals surface area contributed by atoms with E-state index >= 15 is 0 Å². The molecule has 0 bridgehead atoms. The molecule has 1 rings (SSSR count). The number of hydrogen-bond acceptors (Lipinski definition) is 4. The van der Waals surface area contributed by atoms with Gasteiger partial charge in [0.15, 0.2) is 0 Å². The fourth-order valence-electron chi connectivity index (χ4n) is 1.06. The lowest BCUT2D eigenvalue weighted by Crippen LogP contribution is -2.31. The number of thiazole rings is 1. The van der Waals surface area contributed by atoms with Gasteiger partial charge in [-0.15, -0.1) is 11.3 Å². The highest BCUT2D eigenvalue weighted by molar-refractivity contribution is 7.09. The maximum atomic E-state index is 10.8. The average Bonchev–Trinajstić information content (AvgIpc) is 2.58. The summed E-state index contributed by atoms with van der Waals surface area (Å²) in [6.07, 6.45) is 1.84. The number of aromatic nitrogens is 1. The predicted octanol–water partition coefficient (Wildman–Crippen LogP) is 0.459. The highest BCUT2D eigenvalue weighted by atomic mass is 32.1. The molecule has 0 aliphatic carbocycles. The minimum Gasteiger partial charge on any atom is -0.355 e. The Morgan fingerprint density at radius 2 is 2.50 bits per heavy atom. The van der Waals surface area contributed by atoms with Gasteiger partial charge >= 0.3 is 0 Å². The van der Waals surface area contributed by atoms with Crippen molar-refractivity contribution < 1.29 is 4.79 Å². The third kappa shape index (κ3) is 3.85. The molecule has 0 aliphatic heterocycles. The minimum atomic E-state index is -0.0969. The molecule has 0 atom stereocenters. The van der Waals surface area contributed by atoms with Crippen LogP contribution < -0.4 is 11.1 Å². The second-order valence-electron chi connectivity index (χ2n) is 3.04. The van der Waals surface area contributed by atoms with Gasteiger partial charge in [0.05, 0.1) is 11.6 Å². The summed E-state index contributed by atoms with van der Waals surface area (Å²) in [6, 6.07) is 0. The second kappa shape index (κ2) is 5.72. The number of amides is 1. The smallest absolute Gasteiger partial charge is 0.233 e. The number of aryl methyl sites for hydroxylation is 2. The van der Waals surface area contributed by atoms with Crippen LogP contribution in [-0.2, 0) is 11.2 Å². The Bertz CT molecular complexity index is 298. The Morgan fingerprint density at radius 3 is 3.07 bits per heavy atom. The van der Waals surface area contributed by atoms with Gasteiger partial charge in [-0.05, 0) is 13.3 Å². The molecule has 0 unspecified atom stereocenters. The average molecular weight is 213 g/mol. The lowest BCUT2D eigenvalue weighted by molar-refractivity contribution is -0.119. The molecule has 0 fully saturated rings. The van der Waals surface area contributed by atoms with Crippen molar-refractivity contribution in [2.45, 2.75) is 19.8 Å². The van der Waals surface area contributed by atoms with Crippen molar-refractivity contribution in [3.63, 3.8) is 0 Å². The molecule has 14 heavy (non-hydrogen) atoms.